The zero-order valence-electron chi connectivity index (χ0n) is 30.3. The molecule has 260 valence electrons. The topological polar surface area (TPSA) is 35.6 Å². The second kappa shape index (κ2) is 12.0. The van der Waals surface area contributed by atoms with Crippen LogP contribution in [0.1, 0.15) is 0 Å². The Labute approximate surface area is 322 Å². The number of aromatic nitrogens is 4. The van der Waals surface area contributed by atoms with Gasteiger partial charge in [-0.3, -0.25) is 0 Å². The van der Waals surface area contributed by atoms with E-state index >= 15 is 0 Å². The van der Waals surface area contributed by atoms with Gasteiger partial charge >= 0.3 is 0 Å². The summed E-state index contributed by atoms with van der Waals surface area (Å²) in [6.45, 7) is 0. The van der Waals surface area contributed by atoms with Gasteiger partial charge in [0.1, 0.15) is 6.33 Å². The fourth-order valence-corrected chi connectivity index (χ4v) is 9.15. The van der Waals surface area contributed by atoms with E-state index in [-0.39, 0.29) is 0 Å². The standard InChI is InChI=1S/C52H32N4/c1-2-14-36(15-3-1)55-46-23-10-8-19-40(46)44-30-33(25-27-48(44)55)34-26-28-49-45(31-34)41-20-9-11-24-47(41)56(49)37-16-12-13-35(29-37)51-50-42-21-6-4-17-38(42)39-18-5-7-22-43(39)52(50)54-32-53-51/h1-32H. The Kier molecular flexibility index (Phi) is 6.60. The Bertz CT molecular complexity index is 3490. The highest BCUT2D eigenvalue weighted by Gasteiger charge is 2.18. The van der Waals surface area contributed by atoms with Crippen LogP contribution in [0.5, 0.6) is 0 Å². The van der Waals surface area contributed by atoms with Crippen molar-refractivity contribution in [3.05, 3.63) is 194 Å². The maximum atomic E-state index is 4.96. The van der Waals surface area contributed by atoms with Crippen molar-refractivity contribution in [3.63, 3.8) is 0 Å². The summed E-state index contributed by atoms with van der Waals surface area (Å²) in [6, 6.07) is 67.9. The van der Waals surface area contributed by atoms with Crippen LogP contribution in [0.2, 0.25) is 0 Å². The van der Waals surface area contributed by atoms with Gasteiger partial charge in [0.05, 0.1) is 33.3 Å². The van der Waals surface area contributed by atoms with Crippen molar-refractivity contribution in [1.82, 2.24) is 19.1 Å². The molecule has 0 N–H and O–H groups in total. The predicted octanol–water partition coefficient (Wildman–Crippen LogP) is 13.5. The minimum Gasteiger partial charge on any atom is -0.309 e. The number of rotatable bonds is 4. The first-order valence-corrected chi connectivity index (χ1v) is 19.1. The second-order valence-electron chi connectivity index (χ2n) is 14.6. The Balaban J connectivity index is 1.03. The molecule has 0 amide bonds. The third-order valence-corrected chi connectivity index (χ3v) is 11.6. The van der Waals surface area contributed by atoms with E-state index in [9.17, 15) is 0 Å². The molecule has 0 fully saturated rings. The fraction of sp³-hybridized carbons (Fsp3) is 0. The summed E-state index contributed by atoms with van der Waals surface area (Å²) < 4.78 is 4.76. The van der Waals surface area contributed by atoms with E-state index < -0.39 is 0 Å². The molecular weight excluding hydrogens is 681 g/mol. The molecule has 0 atom stereocenters. The molecule has 12 rings (SSSR count). The molecule has 3 aromatic heterocycles. The van der Waals surface area contributed by atoms with Crippen molar-refractivity contribution in [2.45, 2.75) is 0 Å². The molecule has 4 heteroatoms. The summed E-state index contributed by atoms with van der Waals surface area (Å²) in [7, 11) is 0. The zero-order chi connectivity index (χ0) is 36.7. The zero-order valence-corrected chi connectivity index (χ0v) is 30.3. The van der Waals surface area contributed by atoms with E-state index in [2.05, 4.69) is 197 Å². The van der Waals surface area contributed by atoms with Crippen molar-refractivity contribution in [2.24, 2.45) is 0 Å². The molecule has 9 aromatic carbocycles. The number of hydrogen-bond donors (Lipinski definition) is 0. The minimum atomic E-state index is 0.936. The first-order chi connectivity index (χ1) is 27.8. The van der Waals surface area contributed by atoms with Gasteiger partial charge in [0.15, 0.2) is 0 Å². The lowest BCUT2D eigenvalue weighted by Gasteiger charge is -2.14. The Morgan fingerprint density at radius 1 is 0.304 bits per heavy atom. The van der Waals surface area contributed by atoms with Gasteiger partial charge in [-0.1, -0.05) is 127 Å². The first kappa shape index (κ1) is 30.9. The molecule has 0 bridgehead atoms. The summed E-state index contributed by atoms with van der Waals surface area (Å²) in [4.78, 5) is 9.83. The van der Waals surface area contributed by atoms with Crippen LogP contribution in [-0.2, 0) is 0 Å². The van der Waals surface area contributed by atoms with E-state index in [4.69, 9.17) is 9.97 Å². The molecule has 0 saturated carbocycles. The van der Waals surface area contributed by atoms with Gasteiger partial charge in [0, 0.05) is 49.3 Å². The van der Waals surface area contributed by atoms with Crippen LogP contribution in [0.15, 0.2) is 194 Å². The largest absolute Gasteiger partial charge is 0.309 e. The first-order valence-electron chi connectivity index (χ1n) is 19.1. The van der Waals surface area contributed by atoms with Crippen molar-refractivity contribution in [1.29, 1.82) is 0 Å². The number of nitrogens with zero attached hydrogens (tertiary/aromatic N) is 4. The Hall–Kier alpha value is -7.56. The van der Waals surface area contributed by atoms with Gasteiger partial charge in [0.25, 0.3) is 0 Å². The van der Waals surface area contributed by atoms with Crippen LogP contribution in [-0.4, -0.2) is 19.1 Å². The summed E-state index contributed by atoms with van der Waals surface area (Å²) in [5, 5.41) is 10.7. The quantitative estimate of drug-likeness (QED) is 0.170. The molecule has 0 spiro atoms. The van der Waals surface area contributed by atoms with E-state index in [1.165, 1.54) is 65.7 Å². The molecule has 0 saturated heterocycles. The molecule has 4 nitrogen and oxygen atoms in total. The van der Waals surface area contributed by atoms with Crippen molar-refractivity contribution >= 4 is 76.1 Å². The number of para-hydroxylation sites is 3. The van der Waals surface area contributed by atoms with Crippen LogP contribution >= 0.6 is 0 Å². The number of hydrogen-bond acceptors (Lipinski definition) is 2. The molecule has 0 unspecified atom stereocenters. The highest BCUT2D eigenvalue weighted by molar-refractivity contribution is 6.26. The number of fused-ring (bicyclic) bond motifs is 12. The highest BCUT2D eigenvalue weighted by Crippen LogP contribution is 2.41. The second-order valence-corrected chi connectivity index (χ2v) is 14.6. The SMILES string of the molecule is c1ccc(-n2c3ccccc3c3cc(-c4ccc5c(c4)c4ccccc4n5-c4cccc(-c5ncnc6c7ccccc7c7ccccc7c56)c4)ccc32)cc1. The van der Waals surface area contributed by atoms with Gasteiger partial charge in [-0.15, -0.1) is 0 Å². The lowest BCUT2D eigenvalue weighted by Crippen LogP contribution is -1.96. The Morgan fingerprint density at radius 2 is 0.804 bits per heavy atom. The van der Waals surface area contributed by atoms with E-state index in [1.54, 1.807) is 6.33 Å². The molecule has 3 heterocycles. The average Bonchev–Trinajstić information content (AvgIpc) is 3.79. The number of benzene rings is 9. The monoisotopic (exact) mass is 712 g/mol. The smallest absolute Gasteiger partial charge is 0.116 e. The van der Waals surface area contributed by atoms with Gasteiger partial charge in [-0.2, -0.15) is 0 Å². The molecule has 0 aliphatic rings. The molecule has 0 aliphatic heterocycles. The normalized spacial score (nSPS) is 11.9. The lowest BCUT2D eigenvalue weighted by molar-refractivity contribution is 1.17. The lowest BCUT2D eigenvalue weighted by atomic mass is 9.94. The van der Waals surface area contributed by atoms with E-state index in [1.807, 2.05) is 0 Å². The third-order valence-electron chi connectivity index (χ3n) is 11.6. The average molecular weight is 713 g/mol. The van der Waals surface area contributed by atoms with E-state index in [0.29, 0.717) is 0 Å². The summed E-state index contributed by atoms with van der Waals surface area (Å²) in [6.07, 6.45) is 1.71. The van der Waals surface area contributed by atoms with E-state index in [0.717, 1.165) is 44.1 Å². The van der Waals surface area contributed by atoms with Gasteiger partial charge in [-0.25, -0.2) is 9.97 Å². The van der Waals surface area contributed by atoms with Crippen molar-refractivity contribution in [3.8, 4) is 33.8 Å². The summed E-state index contributed by atoms with van der Waals surface area (Å²) in [5.74, 6) is 0. The van der Waals surface area contributed by atoms with Crippen LogP contribution in [0.25, 0.3) is 110 Å². The summed E-state index contributed by atoms with van der Waals surface area (Å²) in [5.41, 5.74) is 12.4. The third kappa shape index (κ3) is 4.47. The van der Waals surface area contributed by atoms with Crippen LogP contribution in [0.3, 0.4) is 0 Å². The van der Waals surface area contributed by atoms with Gasteiger partial charge in [0.2, 0.25) is 0 Å². The van der Waals surface area contributed by atoms with Crippen LogP contribution in [0, 0.1) is 0 Å². The fourth-order valence-electron chi connectivity index (χ4n) is 9.15. The summed E-state index contributed by atoms with van der Waals surface area (Å²) >= 11 is 0. The van der Waals surface area contributed by atoms with Crippen molar-refractivity contribution < 1.29 is 0 Å². The maximum absolute atomic E-state index is 4.96. The molecule has 0 radical (unpaired) electrons. The van der Waals surface area contributed by atoms with Gasteiger partial charge in [-0.05, 0) is 87.9 Å². The molecular formula is C52H32N4. The molecule has 56 heavy (non-hydrogen) atoms. The maximum Gasteiger partial charge on any atom is 0.116 e. The Morgan fingerprint density at radius 3 is 1.46 bits per heavy atom. The van der Waals surface area contributed by atoms with Crippen LogP contribution in [0.4, 0.5) is 0 Å². The molecule has 0 aliphatic carbocycles. The highest BCUT2D eigenvalue weighted by atomic mass is 15.0. The van der Waals surface area contributed by atoms with Crippen LogP contribution < -0.4 is 0 Å². The predicted molar refractivity (Wildman–Crippen MR) is 234 cm³/mol. The van der Waals surface area contributed by atoms with Crippen molar-refractivity contribution in [2.75, 3.05) is 0 Å². The van der Waals surface area contributed by atoms with Gasteiger partial charge < -0.3 is 9.13 Å². The molecule has 12 aromatic rings. The minimum absolute atomic E-state index is 0.936.